The SMILES string of the molecule is COCCN(C(=O)NC1(CC(=O)O)CCCC1)C(C)C. The van der Waals surface area contributed by atoms with Crippen LogP contribution in [0.25, 0.3) is 0 Å². The van der Waals surface area contributed by atoms with Gasteiger partial charge < -0.3 is 20.1 Å². The summed E-state index contributed by atoms with van der Waals surface area (Å²) in [6, 6.07) is -0.145. The highest BCUT2D eigenvalue weighted by Crippen LogP contribution is 2.32. The maximum Gasteiger partial charge on any atom is 0.318 e. The van der Waals surface area contributed by atoms with Crippen molar-refractivity contribution < 1.29 is 19.4 Å². The number of carbonyl (C=O) groups is 2. The highest BCUT2D eigenvalue weighted by Gasteiger charge is 2.38. The summed E-state index contributed by atoms with van der Waals surface area (Å²) in [7, 11) is 1.60. The molecule has 0 heterocycles. The molecular weight excluding hydrogens is 260 g/mol. The molecule has 0 aromatic rings. The third-order valence-corrected chi connectivity index (χ3v) is 3.84. The van der Waals surface area contributed by atoms with Gasteiger partial charge in [-0.15, -0.1) is 0 Å². The predicted molar refractivity (Wildman–Crippen MR) is 75.7 cm³/mol. The molecule has 0 atom stereocenters. The van der Waals surface area contributed by atoms with Crippen molar-refractivity contribution in [3.8, 4) is 0 Å². The largest absolute Gasteiger partial charge is 0.481 e. The van der Waals surface area contributed by atoms with Crippen LogP contribution >= 0.6 is 0 Å². The van der Waals surface area contributed by atoms with Crippen LogP contribution in [-0.4, -0.2) is 53.8 Å². The average Bonchev–Trinajstić information content (AvgIpc) is 2.76. The van der Waals surface area contributed by atoms with E-state index >= 15 is 0 Å². The third kappa shape index (κ3) is 4.67. The molecule has 2 amide bonds. The first-order valence-electron chi connectivity index (χ1n) is 7.20. The third-order valence-electron chi connectivity index (χ3n) is 3.84. The second kappa shape index (κ2) is 7.47. The Hall–Kier alpha value is -1.30. The average molecular weight is 286 g/mol. The molecule has 20 heavy (non-hydrogen) atoms. The summed E-state index contributed by atoms with van der Waals surface area (Å²) >= 11 is 0. The lowest BCUT2D eigenvalue weighted by atomic mass is 9.93. The van der Waals surface area contributed by atoms with Gasteiger partial charge in [-0.1, -0.05) is 12.8 Å². The molecule has 0 aromatic carbocycles. The highest BCUT2D eigenvalue weighted by molar-refractivity contribution is 5.77. The van der Waals surface area contributed by atoms with E-state index in [2.05, 4.69) is 5.32 Å². The maximum absolute atomic E-state index is 12.4. The number of methoxy groups -OCH3 is 1. The predicted octanol–water partition coefficient (Wildman–Crippen LogP) is 1.84. The van der Waals surface area contributed by atoms with Gasteiger partial charge in [-0.2, -0.15) is 0 Å². The van der Waals surface area contributed by atoms with E-state index in [1.165, 1.54) is 0 Å². The van der Waals surface area contributed by atoms with Gasteiger partial charge in [0, 0.05) is 19.7 Å². The van der Waals surface area contributed by atoms with Crippen molar-refractivity contribution in [2.75, 3.05) is 20.3 Å². The number of nitrogens with one attached hydrogen (secondary N) is 1. The lowest BCUT2D eigenvalue weighted by molar-refractivity contribution is -0.138. The van der Waals surface area contributed by atoms with Crippen molar-refractivity contribution in [2.45, 2.75) is 57.5 Å². The van der Waals surface area contributed by atoms with Gasteiger partial charge in [-0.25, -0.2) is 4.79 Å². The van der Waals surface area contributed by atoms with Crippen molar-refractivity contribution in [1.29, 1.82) is 0 Å². The number of nitrogens with zero attached hydrogens (tertiary/aromatic N) is 1. The summed E-state index contributed by atoms with van der Waals surface area (Å²) in [6.07, 6.45) is 3.40. The Morgan fingerprint density at radius 1 is 1.35 bits per heavy atom. The van der Waals surface area contributed by atoms with Crippen molar-refractivity contribution in [1.82, 2.24) is 10.2 Å². The van der Waals surface area contributed by atoms with Crippen LogP contribution in [0, 0.1) is 0 Å². The molecule has 0 unspecified atom stereocenters. The molecular formula is C14H26N2O4. The fourth-order valence-electron chi connectivity index (χ4n) is 2.77. The van der Waals surface area contributed by atoms with Gasteiger partial charge >= 0.3 is 12.0 Å². The van der Waals surface area contributed by atoms with E-state index in [1.807, 2.05) is 13.8 Å². The first-order chi connectivity index (χ1) is 9.40. The number of rotatable bonds is 7. The number of amides is 2. The normalized spacial score (nSPS) is 17.2. The van der Waals surface area contributed by atoms with Crippen molar-refractivity contribution in [3.63, 3.8) is 0 Å². The number of ether oxygens (including phenoxy) is 1. The van der Waals surface area contributed by atoms with Crippen LogP contribution < -0.4 is 5.32 Å². The summed E-state index contributed by atoms with van der Waals surface area (Å²) < 4.78 is 5.02. The van der Waals surface area contributed by atoms with E-state index in [1.54, 1.807) is 12.0 Å². The summed E-state index contributed by atoms with van der Waals surface area (Å²) in [5, 5.41) is 12.0. The van der Waals surface area contributed by atoms with Crippen LogP contribution in [0.2, 0.25) is 0 Å². The molecule has 0 radical (unpaired) electrons. The van der Waals surface area contributed by atoms with Crippen molar-refractivity contribution >= 4 is 12.0 Å². The lowest BCUT2D eigenvalue weighted by Gasteiger charge is -2.34. The fraction of sp³-hybridized carbons (Fsp3) is 0.857. The van der Waals surface area contributed by atoms with E-state index in [9.17, 15) is 9.59 Å². The van der Waals surface area contributed by atoms with Crippen LogP contribution in [0.3, 0.4) is 0 Å². The quantitative estimate of drug-likeness (QED) is 0.748. The Labute approximate surface area is 120 Å². The summed E-state index contributed by atoms with van der Waals surface area (Å²) in [4.78, 5) is 25.1. The molecule has 2 N–H and O–H groups in total. The second-order valence-corrected chi connectivity index (χ2v) is 5.77. The molecule has 6 heteroatoms. The zero-order valence-electron chi connectivity index (χ0n) is 12.6. The van der Waals surface area contributed by atoms with E-state index in [-0.39, 0.29) is 18.5 Å². The van der Waals surface area contributed by atoms with Crippen LogP contribution in [0.15, 0.2) is 0 Å². The molecule has 0 aromatic heterocycles. The van der Waals surface area contributed by atoms with E-state index in [0.29, 0.717) is 13.2 Å². The Kier molecular flexibility index (Phi) is 6.26. The molecule has 116 valence electrons. The molecule has 1 fully saturated rings. The molecule has 6 nitrogen and oxygen atoms in total. The van der Waals surface area contributed by atoms with E-state index < -0.39 is 11.5 Å². The Bertz CT molecular complexity index is 338. The molecule has 0 aliphatic heterocycles. The van der Waals surface area contributed by atoms with Crippen molar-refractivity contribution in [3.05, 3.63) is 0 Å². The molecule has 1 aliphatic rings. The van der Waals surface area contributed by atoms with Crippen LogP contribution in [0.5, 0.6) is 0 Å². The summed E-state index contributed by atoms with van der Waals surface area (Å²) in [5.41, 5.74) is -0.580. The minimum atomic E-state index is -0.861. The van der Waals surface area contributed by atoms with Crippen molar-refractivity contribution in [2.24, 2.45) is 0 Å². The van der Waals surface area contributed by atoms with Gasteiger partial charge in [0.1, 0.15) is 0 Å². The fourth-order valence-corrected chi connectivity index (χ4v) is 2.77. The van der Waals surface area contributed by atoms with Gasteiger partial charge in [0.15, 0.2) is 0 Å². The molecule has 0 bridgehead atoms. The molecule has 1 aliphatic carbocycles. The molecule has 1 saturated carbocycles. The van der Waals surface area contributed by atoms with Gasteiger partial charge in [0.25, 0.3) is 0 Å². The number of urea groups is 1. The van der Waals surface area contributed by atoms with Gasteiger partial charge in [-0.3, -0.25) is 4.79 Å². The standard InChI is InChI=1S/C14H26N2O4/c1-11(2)16(8-9-20-3)13(19)15-14(10-12(17)18)6-4-5-7-14/h11H,4-10H2,1-3H3,(H,15,19)(H,17,18). The Morgan fingerprint density at radius 2 is 1.95 bits per heavy atom. The number of hydrogen-bond donors (Lipinski definition) is 2. The van der Waals surface area contributed by atoms with E-state index in [4.69, 9.17) is 9.84 Å². The minimum absolute atomic E-state index is 0.00501. The van der Waals surface area contributed by atoms with Gasteiger partial charge in [0.2, 0.25) is 0 Å². The monoisotopic (exact) mass is 286 g/mol. The zero-order chi connectivity index (χ0) is 15.2. The topological polar surface area (TPSA) is 78.9 Å². The minimum Gasteiger partial charge on any atom is -0.481 e. The van der Waals surface area contributed by atoms with Crippen LogP contribution in [0.1, 0.15) is 46.0 Å². The number of carboxylic acid groups (broad SMARTS) is 1. The molecule has 1 rings (SSSR count). The Morgan fingerprint density at radius 3 is 2.40 bits per heavy atom. The first kappa shape index (κ1) is 16.8. The smallest absolute Gasteiger partial charge is 0.318 e. The Balaban J connectivity index is 2.70. The van der Waals surface area contributed by atoms with E-state index in [0.717, 1.165) is 25.7 Å². The molecule has 0 spiro atoms. The second-order valence-electron chi connectivity index (χ2n) is 5.77. The first-order valence-corrected chi connectivity index (χ1v) is 7.20. The molecule has 0 saturated heterocycles. The number of carboxylic acids is 1. The zero-order valence-corrected chi connectivity index (χ0v) is 12.6. The van der Waals surface area contributed by atoms with Gasteiger partial charge in [0.05, 0.1) is 18.6 Å². The lowest BCUT2D eigenvalue weighted by Crippen LogP contribution is -2.55. The number of aliphatic carboxylic acids is 1. The van der Waals surface area contributed by atoms with Crippen LogP contribution in [-0.2, 0) is 9.53 Å². The number of hydrogen-bond acceptors (Lipinski definition) is 3. The highest BCUT2D eigenvalue weighted by atomic mass is 16.5. The number of carbonyl (C=O) groups excluding carboxylic acids is 1. The van der Waals surface area contributed by atoms with Gasteiger partial charge in [-0.05, 0) is 26.7 Å². The van der Waals surface area contributed by atoms with Crippen LogP contribution in [0.4, 0.5) is 4.79 Å². The summed E-state index contributed by atoms with van der Waals surface area (Å²) in [5.74, 6) is -0.861. The maximum atomic E-state index is 12.4. The summed E-state index contributed by atoms with van der Waals surface area (Å²) in [6.45, 7) is 4.85.